The number of thiophene rings is 1. The summed E-state index contributed by atoms with van der Waals surface area (Å²) in [6.45, 7) is 2.93. The Kier molecular flexibility index (Phi) is 4.39. The van der Waals surface area contributed by atoms with Crippen molar-refractivity contribution in [3.63, 3.8) is 0 Å². The molecule has 0 radical (unpaired) electrons. The number of fused-ring (bicyclic) bond motifs is 1. The van der Waals surface area contributed by atoms with Gasteiger partial charge in [0.1, 0.15) is 0 Å². The average molecular weight is 337 g/mol. The number of hydrogen-bond acceptors (Lipinski definition) is 6. The number of carbonyl (C=O) groups excluding carboxylic acids is 1. The lowest BCUT2D eigenvalue weighted by molar-refractivity contribution is -0.131. The summed E-state index contributed by atoms with van der Waals surface area (Å²) >= 11 is 3.18. The quantitative estimate of drug-likeness (QED) is 0.865. The zero-order valence-electron chi connectivity index (χ0n) is 12.7. The fourth-order valence-electron chi connectivity index (χ4n) is 2.80. The van der Waals surface area contributed by atoms with Crippen LogP contribution >= 0.6 is 23.1 Å². The number of hydrogen-bond donors (Lipinski definition) is 1. The zero-order valence-corrected chi connectivity index (χ0v) is 14.3. The van der Waals surface area contributed by atoms with Gasteiger partial charge in [0.25, 0.3) is 0 Å². The van der Waals surface area contributed by atoms with Crippen molar-refractivity contribution in [1.29, 1.82) is 0 Å². The van der Waals surface area contributed by atoms with Gasteiger partial charge in [-0.15, -0.1) is 21.5 Å². The fraction of sp³-hybridized carbons (Fsp3) is 0.500. The van der Waals surface area contributed by atoms with Gasteiger partial charge in [-0.05, 0) is 29.9 Å². The van der Waals surface area contributed by atoms with Crippen molar-refractivity contribution in [1.82, 2.24) is 19.7 Å². The summed E-state index contributed by atoms with van der Waals surface area (Å²) in [4.78, 5) is 16.0. The summed E-state index contributed by atoms with van der Waals surface area (Å²) in [5.74, 6) is 0.875. The minimum absolute atomic E-state index is 0.148. The Morgan fingerprint density at radius 2 is 2.36 bits per heavy atom. The zero-order chi connectivity index (χ0) is 15.7. The van der Waals surface area contributed by atoms with Gasteiger partial charge in [0.2, 0.25) is 11.9 Å². The van der Waals surface area contributed by atoms with Crippen molar-refractivity contribution in [3.8, 4) is 0 Å². The van der Waals surface area contributed by atoms with Crippen molar-refractivity contribution in [3.05, 3.63) is 21.9 Å². The van der Waals surface area contributed by atoms with E-state index in [1.54, 1.807) is 23.0 Å². The van der Waals surface area contributed by atoms with Crippen molar-refractivity contribution in [2.75, 3.05) is 18.0 Å². The highest BCUT2D eigenvalue weighted by Crippen LogP contribution is 2.35. The number of nitrogens with two attached hydrogens (primary N) is 1. The molecule has 1 atom stereocenters. The number of thioether (sulfide) groups is 1. The SMILES string of the molecule is CCC1c2ccsc2CCN1C(=O)CSc1nnc(N)n1C. The van der Waals surface area contributed by atoms with Gasteiger partial charge in [-0.2, -0.15) is 0 Å². The summed E-state index contributed by atoms with van der Waals surface area (Å²) in [5.41, 5.74) is 6.98. The summed E-state index contributed by atoms with van der Waals surface area (Å²) in [7, 11) is 1.80. The van der Waals surface area contributed by atoms with Gasteiger partial charge in [-0.1, -0.05) is 18.7 Å². The highest BCUT2D eigenvalue weighted by atomic mass is 32.2. The van der Waals surface area contributed by atoms with Crippen molar-refractivity contribution in [2.24, 2.45) is 7.05 Å². The number of aromatic nitrogens is 3. The Morgan fingerprint density at radius 1 is 1.55 bits per heavy atom. The number of nitrogen functional groups attached to an aromatic ring is 1. The molecule has 3 rings (SSSR count). The summed E-state index contributed by atoms with van der Waals surface area (Å²) in [6, 6.07) is 2.36. The first-order valence-electron chi connectivity index (χ1n) is 7.25. The van der Waals surface area contributed by atoms with Crippen LogP contribution in [0.1, 0.15) is 29.8 Å². The Bertz CT molecular complexity index is 681. The molecule has 0 saturated heterocycles. The molecular formula is C14H19N5OS2. The van der Waals surface area contributed by atoms with Crippen molar-refractivity contribution >= 4 is 35.0 Å². The van der Waals surface area contributed by atoms with E-state index in [0.717, 1.165) is 19.4 Å². The fourth-order valence-corrected chi connectivity index (χ4v) is 4.53. The highest BCUT2D eigenvalue weighted by molar-refractivity contribution is 7.99. The Hall–Kier alpha value is -1.54. The second-order valence-electron chi connectivity index (χ2n) is 5.25. The molecule has 118 valence electrons. The van der Waals surface area contributed by atoms with Crippen LogP contribution in [0.2, 0.25) is 0 Å². The molecule has 3 heterocycles. The van der Waals surface area contributed by atoms with Gasteiger partial charge in [-0.25, -0.2) is 0 Å². The molecule has 0 aromatic carbocycles. The first kappa shape index (κ1) is 15.4. The van der Waals surface area contributed by atoms with Crippen molar-refractivity contribution < 1.29 is 4.79 Å². The monoisotopic (exact) mass is 337 g/mol. The average Bonchev–Trinajstić information content (AvgIpc) is 3.12. The predicted octanol–water partition coefficient (Wildman–Crippen LogP) is 2.09. The molecule has 22 heavy (non-hydrogen) atoms. The van der Waals surface area contributed by atoms with E-state index >= 15 is 0 Å². The van der Waals surface area contributed by atoms with Crippen LogP contribution in [0.15, 0.2) is 16.6 Å². The van der Waals surface area contributed by atoms with Gasteiger partial charge in [0, 0.05) is 18.5 Å². The third-order valence-corrected chi connectivity index (χ3v) is 6.00. The van der Waals surface area contributed by atoms with Crippen LogP contribution in [0.25, 0.3) is 0 Å². The maximum Gasteiger partial charge on any atom is 0.233 e. The molecule has 0 fully saturated rings. The van der Waals surface area contributed by atoms with E-state index in [1.165, 1.54) is 22.2 Å². The maximum atomic E-state index is 12.6. The number of anilines is 1. The number of carbonyl (C=O) groups is 1. The molecule has 8 heteroatoms. The van der Waals surface area contributed by atoms with E-state index < -0.39 is 0 Å². The molecule has 0 spiro atoms. The Balaban J connectivity index is 1.68. The highest BCUT2D eigenvalue weighted by Gasteiger charge is 2.30. The largest absolute Gasteiger partial charge is 0.368 e. The number of rotatable bonds is 4. The van der Waals surface area contributed by atoms with E-state index in [2.05, 4.69) is 28.6 Å². The smallest absolute Gasteiger partial charge is 0.233 e. The van der Waals surface area contributed by atoms with Crippen LogP contribution in [-0.4, -0.2) is 37.9 Å². The van der Waals surface area contributed by atoms with Gasteiger partial charge in [-0.3, -0.25) is 9.36 Å². The van der Waals surface area contributed by atoms with Gasteiger partial charge in [0.15, 0.2) is 5.16 Å². The van der Waals surface area contributed by atoms with E-state index in [4.69, 9.17) is 5.73 Å². The van der Waals surface area contributed by atoms with E-state index in [0.29, 0.717) is 16.9 Å². The van der Waals surface area contributed by atoms with Crippen LogP contribution in [0.4, 0.5) is 5.95 Å². The van der Waals surface area contributed by atoms with Crippen LogP contribution in [0.5, 0.6) is 0 Å². The molecule has 0 saturated carbocycles. The molecule has 1 amide bonds. The lowest BCUT2D eigenvalue weighted by atomic mass is 9.98. The summed E-state index contributed by atoms with van der Waals surface area (Å²) in [6.07, 6.45) is 1.90. The van der Waals surface area contributed by atoms with Crippen LogP contribution in [0, 0.1) is 0 Å². The second kappa shape index (κ2) is 6.29. The van der Waals surface area contributed by atoms with Crippen LogP contribution in [0.3, 0.4) is 0 Å². The normalized spacial score (nSPS) is 17.5. The summed E-state index contributed by atoms with van der Waals surface area (Å²) < 4.78 is 1.70. The third-order valence-electron chi connectivity index (χ3n) is 4.00. The second-order valence-corrected chi connectivity index (χ2v) is 7.19. The molecule has 1 unspecified atom stereocenters. The minimum atomic E-state index is 0.148. The van der Waals surface area contributed by atoms with E-state index in [-0.39, 0.29) is 11.9 Å². The standard InChI is InChI=1S/C14H19N5OS2/c1-3-10-9-5-7-21-11(9)4-6-19(10)12(20)8-22-14-17-16-13(15)18(14)2/h5,7,10H,3-4,6,8H2,1-2H3,(H2,15,16). The first-order chi connectivity index (χ1) is 10.6. The molecule has 2 aromatic rings. The van der Waals surface area contributed by atoms with Gasteiger partial charge < -0.3 is 10.6 Å². The molecule has 0 bridgehead atoms. The molecule has 0 aliphatic carbocycles. The molecule has 2 N–H and O–H groups in total. The molecule has 1 aliphatic heterocycles. The Morgan fingerprint density at radius 3 is 3.05 bits per heavy atom. The lowest BCUT2D eigenvalue weighted by Crippen LogP contribution is -2.40. The number of nitrogens with zero attached hydrogens (tertiary/aromatic N) is 4. The number of amides is 1. The van der Waals surface area contributed by atoms with Crippen LogP contribution in [-0.2, 0) is 18.3 Å². The topological polar surface area (TPSA) is 77.0 Å². The maximum absolute atomic E-state index is 12.6. The van der Waals surface area contributed by atoms with Gasteiger partial charge in [0.05, 0.1) is 11.8 Å². The molecular weight excluding hydrogens is 318 g/mol. The molecule has 1 aliphatic rings. The van der Waals surface area contributed by atoms with E-state index in [9.17, 15) is 4.79 Å². The van der Waals surface area contributed by atoms with Gasteiger partial charge >= 0.3 is 0 Å². The van der Waals surface area contributed by atoms with Crippen LogP contribution < -0.4 is 5.73 Å². The predicted molar refractivity (Wildman–Crippen MR) is 88.9 cm³/mol. The first-order valence-corrected chi connectivity index (χ1v) is 9.11. The molecule has 2 aromatic heterocycles. The van der Waals surface area contributed by atoms with E-state index in [1.807, 2.05) is 4.90 Å². The lowest BCUT2D eigenvalue weighted by Gasteiger charge is -2.35. The Labute approximate surface area is 137 Å². The third kappa shape index (κ3) is 2.72. The van der Waals surface area contributed by atoms with Crippen molar-refractivity contribution in [2.45, 2.75) is 31.0 Å². The summed E-state index contributed by atoms with van der Waals surface area (Å²) in [5, 5.41) is 10.6. The minimum Gasteiger partial charge on any atom is -0.368 e. The molecule has 6 nitrogen and oxygen atoms in total.